The predicted molar refractivity (Wildman–Crippen MR) is 123 cm³/mol. The van der Waals surface area contributed by atoms with E-state index in [2.05, 4.69) is 17.9 Å². The standard InChI is InChI=1S/C22H29N3O8S/c1-22(23-9-14-18(28)24(2)21(30)25(3)19(14)29)17(16(27)15(10-26)33-20(22)34)32-11-12-5-7-13(31-4)8-6-12/h5-9,15-17,20,23,26-27,34H,10-11H2,1-4H3/t15-,16-,17+,20+,22+/m1/s1. The highest BCUT2D eigenvalue weighted by atomic mass is 32.1. The number of hydrogen-bond acceptors (Lipinski definition) is 10. The second kappa shape index (κ2) is 10.3. The molecule has 2 aliphatic heterocycles. The third-order valence-electron chi connectivity index (χ3n) is 6.04. The van der Waals surface area contributed by atoms with E-state index in [1.54, 1.807) is 38.3 Å². The predicted octanol–water partition coefficient (Wildman–Crippen LogP) is -0.129. The minimum absolute atomic E-state index is 0.107. The van der Waals surface area contributed by atoms with Crippen LogP contribution in [0, 0.1) is 0 Å². The zero-order valence-corrected chi connectivity index (χ0v) is 20.2. The number of urea groups is 1. The summed E-state index contributed by atoms with van der Waals surface area (Å²) in [5.74, 6) is -0.874. The normalized spacial score (nSPS) is 30.0. The number of ether oxygens (including phenoxy) is 3. The molecule has 11 nitrogen and oxygen atoms in total. The highest BCUT2D eigenvalue weighted by molar-refractivity contribution is 7.80. The van der Waals surface area contributed by atoms with E-state index in [1.807, 2.05) is 0 Å². The van der Waals surface area contributed by atoms with Crippen molar-refractivity contribution < 1.29 is 38.8 Å². The SMILES string of the molecule is COc1ccc(CO[C@H]2[C@H](O)[C@@H](CO)O[C@@H](S)[C@@]2(C)NC=C2C(=O)N(C)C(=O)N(C)C2=O)cc1. The van der Waals surface area contributed by atoms with E-state index >= 15 is 0 Å². The molecule has 0 unspecified atom stereocenters. The Labute approximate surface area is 202 Å². The molecule has 2 saturated heterocycles. The van der Waals surface area contributed by atoms with Crippen LogP contribution in [0.4, 0.5) is 4.79 Å². The number of hydrogen-bond donors (Lipinski definition) is 4. The van der Waals surface area contributed by atoms with Crippen LogP contribution in [0.2, 0.25) is 0 Å². The lowest BCUT2D eigenvalue weighted by Gasteiger charge is -2.50. The highest BCUT2D eigenvalue weighted by Gasteiger charge is 2.53. The fourth-order valence-corrected chi connectivity index (χ4v) is 4.14. The third-order valence-corrected chi connectivity index (χ3v) is 6.70. The number of thiol groups is 1. The molecule has 0 bridgehead atoms. The number of likely N-dealkylation sites (N-methyl/N-ethyl adjacent to an activating group) is 2. The molecule has 1 aromatic carbocycles. The van der Waals surface area contributed by atoms with Crippen LogP contribution in [-0.4, -0.2) is 95.0 Å². The van der Waals surface area contributed by atoms with E-state index in [0.717, 1.165) is 15.4 Å². The van der Waals surface area contributed by atoms with Crippen molar-refractivity contribution in [2.75, 3.05) is 27.8 Å². The molecule has 186 valence electrons. The van der Waals surface area contributed by atoms with Crippen LogP contribution in [-0.2, 0) is 25.7 Å². The molecular weight excluding hydrogens is 466 g/mol. The number of nitrogens with zero attached hydrogens (tertiary/aromatic N) is 2. The zero-order chi connectivity index (χ0) is 25.2. The quantitative estimate of drug-likeness (QED) is 0.232. The number of rotatable bonds is 7. The summed E-state index contributed by atoms with van der Waals surface area (Å²) < 4.78 is 16.9. The fourth-order valence-electron chi connectivity index (χ4n) is 3.76. The number of aliphatic hydroxyl groups excluding tert-OH is 2. The van der Waals surface area contributed by atoms with Gasteiger partial charge in [-0.05, 0) is 24.6 Å². The topological polar surface area (TPSA) is 138 Å². The number of carbonyl (C=O) groups is 3. The van der Waals surface area contributed by atoms with Crippen LogP contribution in [0.25, 0.3) is 0 Å². The summed E-state index contributed by atoms with van der Waals surface area (Å²) in [7, 11) is 4.10. The van der Waals surface area contributed by atoms with Crippen molar-refractivity contribution >= 4 is 30.5 Å². The van der Waals surface area contributed by atoms with E-state index in [0.29, 0.717) is 5.75 Å². The molecule has 0 saturated carbocycles. The van der Waals surface area contributed by atoms with Gasteiger partial charge < -0.3 is 29.7 Å². The first-order chi connectivity index (χ1) is 16.0. The van der Waals surface area contributed by atoms with E-state index in [9.17, 15) is 24.6 Å². The molecule has 2 heterocycles. The van der Waals surface area contributed by atoms with Crippen LogP contribution < -0.4 is 10.1 Å². The lowest BCUT2D eigenvalue weighted by atomic mass is 9.85. The van der Waals surface area contributed by atoms with Crippen LogP contribution >= 0.6 is 12.6 Å². The molecular formula is C22H29N3O8S. The van der Waals surface area contributed by atoms with E-state index in [4.69, 9.17) is 14.2 Å². The van der Waals surface area contributed by atoms with Crippen LogP contribution in [0.3, 0.4) is 0 Å². The number of benzene rings is 1. The maximum atomic E-state index is 12.5. The summed E-state index contributed by atoms with van der Waals surface area (Å²) in [4.78, 5) is 38.7. The number of amides is 4. The van der Waals surface area contributed by atoms with Gasteiger partial charge in [-0.25, -0.2) is 4.79 Å². The van der Waals surface area contributed by atoms with E-state index in [1.165, 1.54) is 20.3 Å². The van der Waals surface area contributed by atoms with Gasteiger partial charge in [-0.1, -0.05) is 12.1 Å². The van der Waals surface area contributed by atoms with Crippen LogP contribution in [0.15, 0.2) is 36.0 Å². The lowest BCUT2D eigenvalue weighted by molar-refractivity contribution is -0.213. The molecule has 5 atom stereocenters. The Kier molecular flexibility index (Phi) is 7.88. The lowest BCUT2D eigenvalue weighted by Crippen LogP contribution is -2.69. The first-order valence-corrected chi connectivity index (χ1v) is 11.0. The molecule has 3 rings (SSSR count). The van der Waals surface area contributed by atoms with Gasteiger partial charge in [0.2, 0.25) is 0 Å². The zero-order valence-electron chi connectivity index (χ0n) is 19.3. The molecule has 0 radical (unpaired) electrons. The molecule has 4 amide bonds. The van der Waals surface area contributed by atoms with Crippen molar-refractivity contribution in [3.8, 4) is 5.75 Å². The Morgan fingerprint density at radius 2 is 1.76 bits per heavy atom. The number of methoxy groups -OCH3 is 1. The van der Waals surface area contributed by atoms with Gasteiger partial charge >= 0.3 is 6.03 Å². The fraction of sp³-hybridized carbons (Fsp3) is 0.500. The van der Waals surface area contributed by atoms with Crippen LogP contribution in [0.1, 0.15) is 12.5 Å². The minimum atomic E-state index is -1.26. The molecule has 12 heteroatoms. The van der Waals surface area contributed by atoms with Crippen molar-refractivity contribution in [3.63, 3.8) is 0 Å². The molecule has 2 aliphatic rings. The Morgan fingerprint density at radius 3 is 2.29 bits per heavy atom. The second-order valence-corrected chi connectivity index (χ2v) is 8.74. The molecule has 0 spiro atoms. The van der Waals surface area contributed by atoms with Gasteiger partial charge in [0.15, 0.2) is 0 Å². The Morgan fingerprint density at radius 1 is 1.18 bits per heavy atom. The largest absolute Gasteiger partial charge is 0.497 e. The van der Waals surface area contributed by atoms with Gasteiger partial charge in [-0.15, -0.1) is 12.6 Å². The number of barbiturate groups is 1. The number of aliphatic hydroxyl groups is 2. The highest BCUT2D eigenvalue weighted by Crippen LogP contribution is 2.35. The van der Waals surface area contributed by atoms with Crippen molar-refractivity contribution in [3.05, 3.63) is 41.6 Å². The maximum absolute atomic E-state index is 12.5. The molecule has 3 N–H and O–H groups in total. The monoisotopic (exact) mass is 495 g/mol. The average molecular weight is 496 g/mol. The molecule has 2 fully saturated rings. The van der Waals surface area contributed by atoms with Gasteiger partial charge in [-0.3, -0.25) is 19.4 Å². The van der Waals surface area contributed by atoms with Gasteiger partial charge in [0.1, 0.15) is 35.1 Å². The molecule has 34 heavy (non-hydrogen) atoms. The summed E-state index contributed by atoms with van der Waals surface area (Å²) in [5, 5.41) is 23.5. The van der Waals surface area contributed by atoms with Crippen molar-refractivity contribution in [1.29, 1.82) is 0 Å². The van der Waals surface area contributed by atoms with Crippen molar-refractivity contribution in [2.45, 2.75) is 42.8 Å². The van der Waals surface area contributed by atoms with Crippen molar-refractivity contribution in [2.24, 2.45) is 0 Å². The first-order valence-electron chi connectivity index (χ1n) is 10.5. The average Bonchev–Trinajstić information content (AvgIpc) is 2.84. The summed E-state index contributed by atoms with van der Waals surface area (Å²) in [6, 6.07) is 6.41. The van der Waals surface area contributed by atoms with Crippen molar-refractivity contribution in [1.82, 2.24) is 15.1 Å². The van der Waals surface area contributed by atoms with E-state index < -0.39 is 53.7 Å². The Balaban J connectivity index is 1.87. The smallest absolute Gasteiger partial charge is 0.333 e. The second-order valence-electron chi connectivity index (χ2n) is 8.28. The number of carbonyl (C=O) groups excluding carboxylic acids is 3. The van der Waals surface area contributed by atoms with Gasteiger partial charge in [0, 0.05) is 20.3 Å². The van der Waals surface area contributed by atoms with Gasteiger partial charge in [0.05, 0.1) is 25.9 Å². The van der Waals surface area contributed by atoms with E-state index in [-0.39, 0.29) is 12.2 Å². The van der Waals surface area contributed by atoms with Gasteiger partial charge in [-0.2, -0.15) is 0 Å². The summed E-state index contributed by atoms with van der Waals surface area (Å²) in [6.07, 6.45) is -2.01. The molecule has 1 aromatic rings. The Hall–Kier alpha value is -2.64. The number of nitrogens with one attached hydrogen (secondary N) is 1. The minimum Gasteiger partial charge on any atom is -0.497 e. The Bertz CT molecular complexity index is 945. The summed E-state index contributed by atoms with van der Waals surface area (Å²) >= 11 is 4.48. The molecule has 0 aliphatic carbocycles. The number of imide groups is 2. The molecule has 0 aromatic heterocycles. The first kappa shape index (κ1) is 26.0. The third kappa shape index (κ3) is 4.77. The summed E-state index contributed by atoms with van der Waals surface area (Å²) in [5.41, 5.74) is -1.63. The maximum Gasteiger partial charge on any atom is 0.333 e. The van der Waals surface area contributed by atoms with Gasteiger partial charge in [0.25, 0.3) is 11.8 Å². The van der Waals surface area contributed by atoms with Crippen LogP contribution in [0.5, 0.6) is 5.75 Å². The summed E-state index contributed by atoms with van der Waals surface area (Å²) in [6.45, 7) is 1.29.